The summed E-state index contributed by atoms with van der Waals surface area (Å²) < 4.78 is 66.5. The molecule has 0 unspecified atom stereocenters. The normalized spacial score (nSPS) is 12.2. The van der Waals surface area contributed by atoms with Crippen molar-refractivity contribution < 1.29 is 21.2 Å². The second kappa shape index (κ2) is 6.50. The van der Waals surface area contributed by atoms with Crippen LogP contribution in [0.25, 0.3) is 0 Å². The van der Waals surface area contributed by atoms with Gasteiger partial charge in [-0.1, -0.05) is 6.07 Å². The van der Waals surface area contributed by atoms with E-state index in [1.54, 1.807) is 6.92 Å². The Kier molecular flexibility index (Phi) is 4.97. The van der Waals surface area contributed by atoms with Gasteiger partial charge in [0.25, 0.3) is 10.0 Å². The lowest BCUT2D eigenvalue weighted by Gasteiger charge is -2.13. The van der Waals surface area contributed by atoms with Crippen molar-refractivity contribution in [2.24, 2.45) is 0 Å². The van der Waals surface area contributed by atoms with Crippen LogP contribution in [0.4, 0.5) is 10.1 Å². The highest BCUT2D eigenvalue weighted by Crippen LogP contribution is 2.24. The summed E-state index contributed by atoms with van der Waals surface area (Å²) in [6.07, 6.45) is 0. The highest BCUT2D eigenvalue weighted by molar-refractivity contribution is 7.92. The summed E-state index contributed by atoms with van der Waals surface area (Å²) in [5, 5.41) is 0. The Morgan fingerprint density at radius 3 is 2.08 bits per heavy atom. The van der Waals surface area contributed by atoms with Crippen LogP contribution in [0.3, 0.4) is 0 Å². The topological polar surface area (TPSA) is 92.3 Å². The minimum absolute atomic E-state index is 0.0268. The third-order valence-electron chi connectivity index (χ3n) is 3.43. The van der Waals surface area contributed by atoms with Gasteiger partial charge in [-0.05, 0) is 62.4 Å². The van der Waals surface area contributed by atoms with Gasteiger partial charge in [-0.2, -0.15) is 0 Å². The first-order chi connectivity index (χ1) is 11.1. The van der Waals surface area contributed by atoms with Crippen molar-refractivity contribution in [1.82, 2.24) is 4.72 Å². The molecule has 0 spiro atoms. The largest absolute Gasteiger partial charge is 0.280 e. The van der Waals surface area contributed by atoms with Crippen molar-refractivity contribution in [2.45, 2.75) is 23.6 Å². The first-order valence-corrected chi connectivity index (χ1v) is 9.86. The lowest BCUT2D eigenvalue weighted by molar-refractivity contribution is 0.587. The van der Waals surface area contributed by atoms with E-state index in [0.29, 0.717) is 5.56 Å². The Morgan fingerprint density at radius 2 is 1.50 bits per heavy atom. The molecule has 0 atom stereocenters. The number of rotatable bonds is 5. The maximum atomic E-state index is 13.1. The number of sulfonamides is 2. The molecular formula is C15H17FN2O4S2. The van der Waals surface area contributed by atoms with Crippen LogP contribution in [-0.2, 0) is 20.0 Å². The molecular weight excluding hydrogens is 355 g/mol. The minimum atomic E-state index is -3.97. The van der Waals surface area contributed by atoms with E-state index < -0.39 is 25.9 Å². The van der Waals surface area contributed by atoms with Crippen LogP contribution in [0.5, 0.6) is 0 Å². The molecule has 2 aromatic carbocycles. The maximum Gasteiger partial charge on any atom is 0.262 e. The molecule has 0 heterocycles. The average molecular weight is 372 g/mol. The number of hydrogen-bond acceptors (Lipinski definition) is 4. The monoisotopic (exact) mass is 372 g/mol. The molecule has 0 saturated heterocycles. The van der Waals surface area contributed by atoms with E-state index in [1.165, 1.54) is 32.2 Å². The van der Waals surface area contributed by atoms with E-state index in [4.69, 9.17) is 0 Å². The van der Waals surface area contributed by atoms with Crippen LogP contribution in [0.15, 0.2) is 46.2 Å². The number of hydrogen-bond donors (Lipinski definition) is 2. The Labute approximate surface area is 140 Å². The highest BCUT2D eigenvalue weighted by atomic mass is 32.2. The molecule has 0 fully saturated rings. The van der Waals surface area contributed by atoms with E-state index in [-0.39, 0.29) is 21.0 Å². The van der Waals surface area contributed by atoms with Gasteiger partial charge in [0.1, 0.15) is 5.82 Å². The summed E-state index contributed by atoms with van der Waals surface area (Å²) in [7, 11) is -6.42. The first kappa shape index (κ1) is 18.4. The maximum absolute atomic E-state index is 13.1. The smallest absolute Gasteiger partial charge is 0.262 e. The van der Waals surface area contributed by atoms with Crippen molar-refractivity contribution in [2.75, 3.05) is 11.8 Å². The van der Waals surface area contributed by atoms with E-state index in [2.05, 4.69) is 9.44 Å². The molecule has 0 amide bonds. The number of nitrogens with one attached hydrogen (secondary N) is 2. The van der Waals surface area contributed by atoms with Crippen molar-refractivity contribution in [3.63, 3.8) is 0 Å². The van der Waals surface area contributed by atoms with Crippen LogP contribution in [0.2, 0.25) is 0 Å². The fourth-order valence-corrected chi connectivity index (χ4v) is 4.46. The van der Waals surface area contributed by atoms with E-state index in [0.717, 1.165) is 18.2 Å². The second-order valence-electron chi connectivity index (χ2n) is 5.20. The molecule has 0 saturated carbocycles. The molecule has 2 aromatic rings. The second-order valence-corrected chi connectivity index (χ2v) is 8.71. The molecule has 130 valence electrons. The zero-order chi connectivity index (χ0) is 18.1. The molecule has 0 aliphatic carbocycles. The Morgan fingerprint density at radius 1 is 0.833 bits per heavy atom. The molecule has 0 bridgehead atoms. The van der Waals surface area contributed by atoms with Gasteiger partial charge in [0.05, 0.1) is 15.5 Å². The molecule has 0 aromatic heterocycles. The predicted molar refractivity (Wildman–Crippen MR) is 89.4 cm³/mol. The average Bonchev–Trinajstić information content (AvgIpc) is 2.48. The van der Waals surface area contributed by atoms with Gasteiger partial charge in [0.2, 0.25) is 10.0 Å². The van der Waals surface area contributed by atoms with Crippen LogP contribution < -0.4 is 9.44 Å². The van der Waals surface area contributed by atoms with E-state index in [9.17, 15) is 21.2 Å². The number of benzene rings is 2. The third kappa shape index (κ3) is 3.74. The van der Waals surface area contributed by atoms with Crippen LogP contribution >= 0.6 is 0 Å². The van der Waals surface area contributed by atoms with Crippen molar-refractivity contribution in [3.05, 3.63) is 53.3 Å². The molecule has 0 aliphatic heterocycles. The zero-order valence-corrected chi connectivity index (χ0v) is 14.9. The molecule has 2 N–H and O–H groups in total. The summed E-state index contributed by atoms with van der Waals surface area (Å²) in [6, 6.07) is 7.51. The van der Waals surface area contributed by atoms with Gasteiger partial charge in [-0.3, -0.25) is 4.72 Å². The summed E-state index contributed by atoms with van der Waals surface area (Å²) in [5.41, 5.74) is 0.820. The summed E-state index contributed by atoms with van der Waals surface area (Å²) >= 11 is 0. The quantitative estimate of drug-likeness (QED) is 0.841. The van der Waals surface area contributed by atoms with Crippen molar-refractivity contribution >= 4 is 25.7 Å². The van der Waals surface area contributed by atoms with Gasteiger partial charge < -0.3 is 0 Å². The predicted octanol–water partition coefficient (Wildman–Crippen LogP) is 2.15. The molecule has 6 nitrogen and oxygen atoms in total. The van der Waals surface area contributed by atoms with Gasteiger partial charge in [0.15, 0.2) is 0 Å². The highest BCUT2D eigenvalue weighted by Gasteiger charge is 2.20. The van der Waals surface area contributed by atoms with Crippen molar-refractivity contribution in [3.8, 4) is 0 Å². The summed E-state index contributed by atoms with van der Waals surface area (Å²) in [4.78, 5) is -0.108. The summed E-state index contributed by atoms with van der Waals surface area (Å²) in [6.45, 7) is 3.08. The van der Waals surface area contributed by atoms with Crippen LogP contribution in [0.1, 0.15) is 11.1 Å². The fraction of sp³-hybridized carbons (Fsp3) is 0.200. The van der Waals surface area contributed by atoms with E-state index >= 15 is 0 Å². The van der Waals surface area contributed by atoms with Crippen LogP contribution in [0, 0.1) is 19.7 Å². The van der Waals surface area contributed by atoms with Crippen LogP contribution in [-0.4, -0.2) is 23.9 Å². The van der Waals surface area contributed by atoms with Gasteiger partial charge >= 0.3 is 0 Å². The third-order valence-corrected chi connectivity index (χ3v) is 6.52. The molecule has 24 heavy (non-hydrogen) atoms. The molecule has 2 rings (SSSR count). The molecule has 9 heteroatoms. The lowest BCUT2D eigenvalue weighted by Crippen LogP contribution is -2.20. The Hall–Kier alpha value is -1.97. The van der Waals surface area contributed by atoms with Gasteiger partial charge in [-0.15, -0.1) is 0 Å². The van der Waals surface area contributed by atoms with E-state index in [1.807, 2.05) is 0 Å². The van der Waals surface area contributed by atoms with Gasteiger partial charge in [-0.25, -0.2) is 25.9 Å². The number of aryl methyl sites for hydroxylation is 2. The molecule has 0 radical (unpaired) electrons. The standard InChI is InChI=1S/C15H17FN2O4S2/c1-10-4-6-13(9-15(10)23(19,20)17-3)18-24(21,22)14-7-5-12(16)8-11(14)2/h4-9,17-18H,1-3H3. The first-order valence-electron chi connectivity index (χ1n) is 6.90. The summed E-state index contributed by atoms with van der Waals surface area (Å²) in [5.74, 6) is -0.538. The minimum Gasteiger partial charge on any atom is -0.280 e. The van der Waals surface area contributed by atoms with Gasteiger partial charge in [0, 0.05) is 0 Å². The lowest BCUT2D eigenvalue weighted by atomic mass is 10.2. The molecule has 0 aliphatic rings. The Balaban J connectivity index is 2.46. The number of halogens is 1. The fourth-order valence-electron chi connectivity index (χ4n) is 2.19. The zero-order valence-electron chi connectivity index (χ0n) is 13.3. The SMILES string of the molecule is CNS(=O)(=O)c1cc(NS(=O)(=O)c2ccc(F)cc2C)ccc1C. The number of anilines is 1. The van der Waals surface area contributed by atoms with Crippen molar-refractivity contribution in [1.29, 1.82) is 0 Å². The Bertz CT molecular complexity index is 987.